The maximum Gasteiger partial charge on any atom is 0.0172 e. The van der Waals surface area contributed by atoms with Crippen LogP contribution in [0.1, 0.15) is 195 Å². The average molecular weight is 694 g/mol. The zero-order valence-corrected chi connectivity index (χ0v) is 31.0. The van der Waals surface area contributed by atoms with E-state index < -0.39 is 0 Å². The average Bonchev–Trinajstić information content (AvgIpc) is 3.22. The van der Waals surface area contributed by atoms with Crippen molar-refractivity contribution < 1.29 is 0 Å². The van der Waals surface area contributed by atoms with Crippen LogP contribution in [0.25, 0.3) is 0 Å². The van der Waals surface area contributed by atoms with Gasteiger partial charge in [-0.3, -0.25) is 3.53 Å². The SMILES string of the molecule is CCC1CC(NI)CCCCC2(C3CCCCCC3)CC3CCCCCCC3C[C@]12C(C)C1CCCCCC(C)(C)C1. The highest BCUT2D eigenvalue weighted by atomic mass is 127. The van der Waals surface area contributed by atoms with Gasteiger partial charge < -0.3 is 0 Å². The van der Waals surface area contributed by atoms with Gasteiger partial charge in [-0.15, -0.1) is 0 Å². The van der Waals surface area contributed by atoms with E-state index in [-0.39, 0.29) is 0 Å². The van der Waals surface area contributed by atoms with Gasteiger partial charge in [0.25, 0.3) is 0 Å². The number of hydrogen-bond donors (Lipinski definition) is 1. The molecule has 0 amide bonds. The Kier molecular flexibility index (Phi) is 12.6. The first kappa shape index (κ1) is 34.0. The van der Waals surface area contributed by atoms with Crippen molar-refractivity contribution in [3.05, 3.63) is 0 Å². The predicted octanol–water partition coefficient (Wildman–Crippen LogP) is 13.2. The molecule has 5 aliphatic carbocycles. The number of rotatable bonds is 5. The topological polar surface area (TPSA) is 12.0 Å². The number of halogens is 1. The molecule has 0 aliphatic heterocycles. The summed E-state index contributed by atoms with van der Waals surface area (Å²) in [6.07, 6.45) is 39.4. The van der Waals surface area contributed by atoms with E-state index >= 15 is 0 Å². The van der Waals surface area contributed by atoms with Gasteiger partial charge in [0, 0.05) is 28.9 Å². The van der Waals surface area contributed by atoms with Crippen LogP contribution in [0, 0.1) is 51.8 Å². The highest BCUT2D eigenvalue weighted by molar-refractivity contribution is 14.1. The largest absolute Gasteiger partial charge is 0.258 e. The second-order valence-electron chi connectivity index (χ2n) is 17.7. The van der Waals surface area contributed by atoms with Gasteiger partial charge in [-0.2, -0.15) is 0 Å². The molecule has 2 heteroatoms. The summed E-state index contributed by atoms with van der Waals surface area (Å²) in [5.74, 6) is 5.72. The molecule has 5 fully saturated rings. The van der Waals surface area contributed by atoms with Crippen molar-refractivity contribution in [2.45, 2.75) is 201 Å². The van der Waals surface area contributed by atoms with E-state index in [1.807, 2.05) is 0 Å². The summed E-state index contributed by atoms with van der Waals surface area (Å²) in [5.41, 5.74) is 1.64. The van der Waals surface area contributed by atoms with Crippen LogP contribution in [0.4, 0.5) is 0 Å². The van der Waals surface area contributed by atoms with E-state index in [4.69, 9.17) is 0 Å². The molecule has 0 heterocycles. The first-order valence-corrected chi connectivity index (χ1v) is 20.8. The number of nitrogens with one attached hydrogen (secondary N) is 1. The lowest BCUT2D eigenvalue weighted by Crippen LogP contribution is -2.61. The van der Waals surface area contributed by atoms with Crippen molar-refractivity contribution in [2.24, 2.45) is 51.8 Å². The summed E-state index contributed by atoms with van der Waals surface area (Å²) in [4.78, 5) is 0. The molecule has 0 aromatic rings. The normalized spacial score (nSPS) is 42.1. The third-order valence-electron chi connectivity index (χ3n) is 15.0. The predicted molar refractivity (Wildman–Crippen MR) is 192 cm³/mol. The van der Waals surface area contributed by atoms with E-state index in [9.17, 15) is 0 Å². The van der Waals surface area contributed by atoms with Gasteiger partial charge in [0.2, 0.25) is 0 Å². The van der Waals surface area contributed by atoms with Crippen LogP contribution < -0.4 is 3.53 Å². The van der Waals surface area contributed by atoms with Gasteiger partial charge in [-0.05, 0) is 110 Å². The second kappa shape index (κ2) is 15.5. The summed E-state index contributed by atoms with van der Waals surface area (Å²) in [7, 11) is 0. The minimum Gasteiger partial charge on any atom is -0.258 e. The monoisotopic (exact) mass is 693 g/mol. The molecule has 0 aromatic heterocycles. The highest BCUT2D eigenvalue weighted by Gasteiger charge is 2.64. The van der Waals surface area contributed by atoms with Crippen LogP contribution in [0.5, 0.6) is 0 Å². The Labute approximate surface area is 277 Å². The molecule has 0 radical (unpaired) electrons. The summed E-state index contributed by atoms with van der Waals surface area (Å²) in [5, 5.41) is 0. The van der Waals surface area contributed by atoms with E-state index in [0.717, 1.165) is 35.5 Å². The molecular formula is C40H72IN. The lowest BCUT2D eigenvalue weighted by atomic mass is 9.36. The summed E-state index contributed by atoms with van der Waals surface area (Å²) in [6, 6.07) is 0.716. The van der Waals surface area contributed by atoms with Crippen LogP contribution in [0.15, 0.2) is 0 Å². The van der Waals surface area contributed by atoms with Gasteiger partial charge in [-0.25, -0.2) is 0 Å². The van der Waals surface area contributed by atoms with Crippen molar-refractivity contribution in [1.29, 1.82) is 0 Å². The molecule has 0 bridgehead atoms. The molecular weight excluding hydrogens is 621 g/mol. The Bertz CT molecular complexity index is 799. The van der Waals surface area contributed by atoms with Crippen molar-refractivity contribution >= 4 is 22.9 Å². The van der Waals surface area contributed by atoms with Crippen molar-refractivity contribution in [2.75, 3.05) is 0 Å². The first-order valence-electron chi connectivity index (χ1n) is 19.7. The molecule has 5 rings (SSSR count). The third-order valence-corrected chi connectivity index (χ3v) is 15.9. The maximum absolute atomic E-state index is 3.87. The zero-order valence-electron chi connectivity index (χ0n) is 28.8. The van der Waals surface area contributed by atoms with Gasteiger partial charge in [0.05, 0.1) is 0 Å². The Hall–Kier alpha value is 0.690. The Balaban J connectivity index is 1.68. The van der Waals surface area contributed by atoms with Crippen molar-refractivity contribution in [3.63, 3.8) is 0 Å². The van der Waals surface area contributed by atoms with Gasteiger partial charge in [0.15, 0.2) is 0 Å². The molecule has 0 saturated heterocycles. The molecule has 8 atom stereocenters. The van der Waals surface area contributed by atoms with Gasteiger partial charge in [-0.1, -0.05) is 137 Å². The van der Waals surface area contributed by atoms with E-state index in [1.54, 1.807) is 44.9 Å². The van der Waals surface area contributed by atoms with Gasteiger partial charge >= 0.3 is 0 Å². The molecule has 5 saturated carbocycles. The fraction of sp³-hybridized carbons (Fsp3) is 1.00. The third kappa shape index (κ3) is 7.30. The molecule has 1 N–H and O–H groups in total. The van der Waals surface area contributed by atoms with E-state index in [0.29, 0.717) is 22.3 Å². The smallest absolute Gasteiger partial charge is 0.0172 e. The molecule has 1 nitrogen and oxygen atoms in total. The summed E-state index contributed by atoms with van der Waals surface area (Å²) in [6.45, 7) is 10.8. The first-order chi connectivity index (χ1) is 20.3. The van der Waals surface area contributed by atoms with Crippen molar-refractivity contribution in [1.82, 2.24) is 3.53 Å². The maximum atomic E-state index is 3.87. The standard InChI is InChI=1S/C40H72IN/c1-5-35-27-37(42-41)24-16-18-26-39(36-22-14-8-9-15-23-36)29-33-20-11-6-7-12-21-34(33)30-40(35,39)31(2)32-19-13-10-17-25-38(3,4)28-32/h31-37,42H,5-30H2,1-4H3/t31?,32?,33?,34?,35?,37?,39?,40-/m0/s1. The molecule has 244 valence electrons. The lowest BCUT2D eigenvalue weighted by molar-refractivity contribution is -0.196. The Morgan fingerprint density at radius 3 is 1.90 bits per heavy atom. The van der Waals surface area contributed by atoms with Crippen LogP contribution in [-0.4, -0.2) is 6.04 Å². The molecule has 0 spiro atoms. The zero-order chi connectivity index (χ0) is 29.6. The fourth-order valence-corrected chi connectivity index (χ4v) is 13.6. The quantitative estimate of drug-likeness (QED) is 0.172. The molecule has 5 aliphatic rings. The molecule has 42 heavy (non-hydrogen) atoms. The van der Waals surface area contributed by atoms with Gasteiger partial charge in [0.1, 0.15) is 0 Å². The lowest BCUT2D eigenvalue weighted by Gasteiger charge is -2.68. The van der Waals surface area contributed by atoms with Crippen LogP contribution in [-0.2, 0) is 0 Å². The molecule has 7 unspecified atom stereocenters. The van der Waals surface area contributed by atoms with Crippen molar-refractivity contribution in [3.8, 4) is 0 Å². The fourth-order valence-electron chi connectivity index (χ4n) is 13.1. The van der Waals surface area contributed by atoms with E-state index in [1.165, 1.54) is 122 Å². The van der Waals surface area contributed by atoms with Crippen LogP contribution in [0.3, 0.4) is 0 Å². The highest BCUT2D eigenvalue weighted by Crippen LogP contribution is 2.72. The summed E-state index contributed by atoms with van der Waals surface area (Å²) < 4.78 is 3.87. The minimum atomic E-state index is 0.519. The second-order valence-corrected chi connectivity index (χ2v) is 18.3. The minimum absolute atomic E-state index is 0.519. The number of hydrogen-bond acceptors (Lipinski definition) is 1. The van der Waals surface area contributed by atoms with Crippen LogP contribution >= 0.6 is 22.9 Å². The Morgan fingerprint density at radius 2 is 1.24 bits per heavy atom. The molecule has 0 aromatic carbocycles. The van der Waals surface area contributed by atoms with E-state index in [2.05, 4.69) is 54.1 Å². The summed E-state index contributed by atoms with van der Waals surface area (Å²) >= 11 is 2.54. The van der Waals surface area contributed by atoms with Crippen LogP contribution in [0.2, 0.25) is 0 Å². The Morgan fingerprint density at radius 1 is 0.667 bits per heavy atom. The number of fused-ring (bicyclic) bond motifs is 2.